The third kappa shape index (κ3) is 4.96. The monoisotopic (exact) mass is 254 g/mol. The van der Waals surface area contributed by atoms with Crippen LogP contribution in [0.2, 0.25) is 0 Å². The molecule has 0 aromatic heterocycles. The Balaban J connectivity index is 2.84. The highest BCUT2D eigenvalue weighted by Gasteiger charge is 2.20. The summed E-state index contributed by atoms with van der Waals surface area (Å²) < 4.78 is 28.8. The first-order valence-corrected chi connectivity index (χ1v) is 5.33. The molecule has 1 aromatic rings. The van der Waals surface area contributed by atoms with E-state index in [9.17, 15) is 13.4 Å². The van der Waals surface area contributed by atoms with E-state index in [0.717, 1.165) is 6.08 Å². The Hall–Kier alpha value is -1.89. The van der Waals surface area contributed by atoms with Crippen molar-refractivity contribution in [2.45, 2.75) is 0 Å². The smallest absolute Gasteiger partial charge is 0.505 e. The lowest BCUT2D eigenvalue weighted by atomic mass is 10.1. The van der Waals surface area contributed by atoms with Crippen LogP contribution >= 0.6 is 0 Å². The van der Waals surface area contributed by atoms with Gasteiger partial charge in [-0.15, -0.1) is 0 Å². The van der Waals surface area contributed by atoms with Crippen LogP contribution < -0.4 is 11.1 Å². The fourth-order valence-electron chi connectivity index (χ4n) is 1.25. The van der Waals surface area contributed by atoms with Crippen LogP contribution in [0, 0.1) is 0 Å². The minimum absolute atomic E-state index is 0.180. The summed E-state index contributed by atoms with van der Waals surface area (Å²) in [5.74, 6) is -0.708. The fourth-order valence-corrected chi connectivity index (χ4v) is 1.25. The zero-order valence-electron chi connectivity index (χ0n) is 9.61. The summed E-state index contributed by atoms with van der Waals surface area (Å²) in [6, 6.07) is 8.21. The summed E-state index contributed by atoms with van der Waals surface area (Å²) in [5.41, 5.74) is 5.62. The molecule has 0 aliphatic heterocycles. The predicted molar refractivity (Wildman–Crippen MR) is 65.5 cm³/mol. The Morgan fingerprint density at radius 3 is 2.61 bits per heavy atom. The van der Waals surface area contributed by atoms with Gasteiger partial charge in [-0.2, -0.15) is 0 Å². The standard InChI is InChI=1S/C11H13BF2N2O2/c13-12(14)18-10(8-11(17)16-7-6-15)9-4-2-1-3-5-9/h1-5,8H,6-7,15H2,(H,16,17)/b10-8-. The molecule has 1 aromatic carbocycles. The Kier molecular flexibility index (Phi) is 5.86. The summed E-state index contributed by atoms with van der Waals surface area (Å²) in [6.45, 7) is 0.544. The molecule has 3 N–H and O–H groups in total. The number of benzene rings is 1. The van der Waals surface area contributed by atoms with Gasteiger partial charge in [-0.05, 0) is 0 Å². The van der Waals surface area contributed by atoms with Gasteiger partial charge >= 0.3 is 7.47 Å². The van der Waals surface area contributed by atoms with E-state index in [1.165, 1.54) is 0 Å². The molecule has 0 unspecified atom stereocenters. The summed E-state index contributed by atoms with van der Waals surface area (Å²) in [7, 11) is -2.99. The Bertz CT molecular complexity index is 413. The largest absolute Gasteiger partial charge is 0.796 e. The average molecular weight is 254 g/mol. The van der Waals surface area contributed by atoms with Gasteiger partial charge in [0.25, 0.3) is 0 Å². The molecule has 0 saturated carbocycles. The highest BCUT2D eigenvalue weighted by Crippen LogP contribution is 2.17. The van der Waals surface area contributed by atoms with Crippen molar-refractivity contribution >= 4 is 19.1 Å². The Labute approximate surface area is 104 Å². The third-order valence-corrected chi connectivity index (χ3v) is 1.98. The number of nitrogens with one attached hydrogen (secondary N) is 1. The topological polar surface area (TPSA) is 64.3 Å². The van der Waals surface area contributed by atoms with Gasteiger partial charge in [0.15, 0.2) is 0 Å². The van der Waals surface area contributed by atoms with Gasteiger partial charge in [0, 0.05) is 24.7 Å². The molecule has 0 aliphatic carbocycles. The number of amides is 1. The van der Waals surface area contributed by atoms with Crippen molar-refractivity contribution < 1.29 is 18.1 Å². The maximum Gasteiger partial charge on any atom is 0.796 e. The maximum absolute atomic E-state index is 12.3. The van der Waals surface area contributed by atoms with Gasteiger partial charge in [-0.25, -0.2) is 8.63 Å². The van der Waals surface area contributed by atoms with E-state index >= 15 is 0 Å². The molecule has 1 rings (SSSR count). The number of nitrogens with two attached hydrogens (primary N) is 1. The van der Waals surface area contributed by atoms with E-state index in [0.29, 0.717) is 5.56 Å². The van der Waals surface area contributed by atoms with Crippen molar-refractivity contribution in [3.8, 4) is 0 Å². The molecule has 0 atom stereocenters. The van der Waals surface area contributed by atoms with E-state index in [1.54, 1.807) is 30.3 Å². The van der Waals surface area contributed by atoms with E-state index in [4.69, 9.17) is 5.73 Å². The summed E-state index contributed by atoms with van der Waals surface area (Å²) in [6.07, 6.45) is 0.983. The number of carbonyl (C=O) groups is 1. The minimum Gasteiger partial charge on any atom is -0.505 e. The second kappa shape index (κ2) is 7.44. The van der Waals surface area contributed by atoms with Gasteiger partial charge in [0.2, 0.25) is 5.91 Å². The maximum atomic E-state index is 12.3. The average Bonchev–Trinajstić information content (AvgIpc) is 2.36. The van der Waals surface area contributed by atoms with Crippen molar-refractivity contribution in [1.29, 1.82) is 0 Å². The molecule has 1 amide bonds. The second-order valence-corrected chi connectivity index (χ2v) is 3.33. The van der Waals surface area contributed by atoms with Gasteiger partial charge in [0.05, 0.1) is 0 Å². The first kappa shape index (κ1) is 14.2. The molecular weight excluding hydrogens is 241 g/mol. The van der Waals surface area contributed by atoms with Crippen molar-refractivity contribution in [2.75, 3.05) is 13.1 Å². The zero-order valence-corrected chi connectivity index (χ0v) is 9.61. The molecular formula is C11H13BF2N2O2. The number of rotatable bonds is 6. The lowest BCUT2D eigenvalue weighted by Gasteiger charge is -2.08. The molecule has 96 valence electrons. The van der Waals surface area contributed by atoms with Crippen LogP contribution in [0.1, 0.15) is 5.56 Å². The van der Waals surface area contributed by atoms with Crippen LogP contribution in [-0.4, -0.2) is 26.5 Å². The SMILES string of the molecule is NCCNC(=O)/C=C(\OB(F)F)c1ccccc1. The van der Waals surface area contributed by atoms with Gasteiger partial charge in [-0.1, -0.05) is 30.3 Å². The molecule has 7 heteroatoms. The molecule has 0 aliphatic rings. The molecule has 0 fully saturated rings. The molecule has 4 nitrogen and oxygen atoms in total. The molecule has 0 radical (unpaired) electrons. The normalized spacial score (nSPS) is 10.9. The first-order chi connectivity index (χ1) is 8.63. The summed E-state index contributed by atoms with van der Waals surface area (Å²) in [5, 5.41) is 2.44. The van der Waals surface area contributed by atoms with E-state index in [-0.39, 0.29) is 18.8 Å². The summed E-state index contributed by atoms with van der Waals surface area (Å²) >= 11 is 0. The van der Waals surface area contributed by atoms with Crippen LogP contribution in [0.4, 0.5) is 8.63 Å². The molecule has 18 heavy (non-hydrogen) atoms. The van der Waals surface area contributed by atoms with Crippen LogP contribution in [-0.2, 0) is 9.45 Å². The molecule has 0 heterocycles. The molecule has 0 bridgehead atoms. The fraction of sp³-hybridized carbons (Fsp3) is 0.182. The number of hydrogen-bond acceptors (Lipinski definition) is 3. The molecule has 0 spiro atoms. The quantitative estimate of drug-likeness (QED) is 0.453. The second-order valence-electron chi connectivity index (χ2n) is 3.33. The highest BCUT2D eigenvalue weighted by molar-refractivity contribution is 6.36. The zero-order chi connectivity index (χ0) is 13.4. The Morgan fingerprint density at radius 1 is 1.39 bits per heavy atom. The van der Waals surface area contributed by atoms with Crippen molar-refractivity contribution in [3.63, 3.8) is 0 Å². The number of halogens is 2. The predicted octanol–water partition coefficient (Wildman–Crippen LogP) is 1.04. The van der Waals surface area contributed by atoms with E-state index in [1.807, 2.05) is 0 Å². The van der Waals surface area contributed by atoms with Crippen LogP contribution in [0.5, 0.6) is 0 Å². The Morgan fingerprint density at radius 2 is 2.06 bits per heavy atom. The number of hydrogen-bond donors (Lipinski definition) is 2. The molecule has 0 saturated heterocycles. The van der Waals surface area contributed by atoms with E-state index in [2.05, 4.69) is 9.97 Å². The van der Waals surface area contributed by atoms with Crippen LogP contribution in [0.25, 0.3) is 5.76 Å². The van der Waals surface area contributed by atoms with Crippen LogP contribution in [0.15, 0.2) is 36.4 Å². The minimum atomic E-state index is -2.99. The first-order valence-electron chi connectivity index (χ1n) is 5.33. The lowest BCUT2D eigenvalue weighted by Crippen LogP contribution is -2.27. The third-order valence-electron chi connectivity index (χ3n) is 1.98. The van der Waals surface area contributed by atoms with Gasteiger partial charge < -0.3 is 15.7 Å². The van der Waals surface area contributed by atoms with Crippen molar-refractivity contribution in [3.05, 3.63) is 42.0 Å². The van der Waals surface area contributed by atoms with E-state index < -0.39 is 13.4 Å². The van der Waals surface area contributed by atoms with Crippen molar-refractivity contribution in [2.24, 2.45) is 5.73 Å². The van der Waals surface area contributed by atoms with Crippen LogP contribution in [0.3, 0.4) is 0 Å². The van der Waals surface area contributed by atoms with Gasteiger partial charge in [0.1, 0.15) is 5.76 Å². The van der Waals surface area contributed by atoms with Gasteiger partial charge in [-0.3, -0.25) is 4.79 Å². The van der Waals surface area contributed by atoms with Crippen molar-refractivity contribution in [1.82, 2.24) is 5.32 Å². The summed E-state index contributed by atoms with van der Waals surface area (Å²) in [4.78, 5) is 11.4. The lowest BCUT2D eigenvalue weighted by molar-refractivity contribution is -0.116. The number of carbonyl (C=O) groups excluding carboxylic acids is 1. The highest BCUT2D eigenvalue weighted by atomic mass is 19.2.